The molecule has 1 saturated carbocycles. The average molecular weight is 403 g/mol. The topological polar surface area (TPSA) is 26.3 Å². The standard InChI is InChI=1S/C28H34O2/c1-6-30-25(29)13-10-20-8-7-9-21(18-20)28(16-17-28)22-11-12-23-24(19-22)27(4,5)15-14-26(23,2)3/h7-13,18-19H,6,14-17H2,1-5H3. The molecule has 0 bridgehead atoms. The lowest BCUT2D eigenvalue weighted by Gasteiger charge is -2.42. The zero-order chi connectivity index (χ0) is 21.6. The maximum Gasteiger partial charge on any atom is 0.330 e. The monoisotopic (exact) mass is 402 g/mol. The Labute approximate surface area is 181 Å². The van der Waals surface area contributed by atoms with Crippen molar-refractivity contribution in [2.24, 2.45) is 0 Å². The molecule has 0 unspecified atom stereocenters. The van der Waals surface area contributed by atoms with Crippen molar-refractivity contribution < 1.29 is 9.53 Å². The minimum atomic E-state index is -0.288. The van der Waals surface area contributed by atoms with Crippen molar-refractivity contribution in [3.8, 4) is 0 Å². The van der Waals surface area contributed by atoms with Gasteiger partial charge in [-0.1, -0.05) is 70.2 Å². The second-order valence-electron chi connectivity index (χ2n) is 10.3. The Hall–Kier alpha value is -2.35. The predicted molar refractivity (Wildman–Crippen MR) is 124 cm³/mol. The molecule has 0 N–H and O–H groups in total. The highest BCUT2D eigenvalue weighted by molar-refractivity contribution is 5.87. The van der Waals surface area contributed by atoms with Crippen molar-refractivity contribution in [1.82, 2.24) is 0 Å². The number of fused-ring (bicyclic) bond motifs is 1. The van der Waals surface area contributed by atoms with Crippen LogP contribution in [0.3, 0.4) is 0 Å². The third kappa shape index (κ3) is 3.73. The zero-order valence-electron chi connectivity index (χ0n) is 19.0. The molecule has 0 aromatic heterocycles. The van der Waals surface area contributed by atoms with E-state index in [0.717, 1.165) is 5.56 Å². The van der Waals surface area contributed by atoms with Crippen molar-refractivity contribution in [3.05, 3.63) is 76.4 Å². The first-order chi connectivity index (χ1) is 14.2. The molecule has 2 aliphatic carbocycles. The van der Waals surface area contributed by atoms with E-state index in [4.69, 9.17) is 4.74 Å². The molecule has 2 aromatic rings. The molecule has 2 aliphatic rings. The van der Waals surface area contributed by atoms with Gasteiger partial charge in [-0.2, -0.15) is 0 Å². The fourth-order valence-corrected chi connectivity index (χ4v) is 5.05. The summed E-state index contributed by atoms with van der Waals surface area (Å²) in [4.78, 5) is 11.7. The molecule has 2 heteroatoms. The second kappa shape index (κ2) is 7.41. The molecule has 4 rings (SSSR count). The van der Waals surface area contributed by atoms with Gasteiger partial charge in [-0.05, 0) is 77.3 Å². The summed E-state index contributed by atoms with van der Waals surface area (Å²) in [6.45, 7) is 11.8. The summed E-state index contributed by atoms with van der Waals surface area (Å²) in [5.74, 6) is -0.288. The predicted octanol–water partition coefficient (Wildman–Crippen LogP) is 6.69. The molecule has 30 heavy (non-hydrogen) atoms. The van der Waals surface area contributed by atoms with Crippen molar-refractivity contribution in [1.29, 1.82) is 0 Å². The number of hydrogen-bond donors (Lipinski definition) is 0. The van der Waals surface area contributed by atoms with E-state index >= 15 is 0 Å². The molecule has 2 aromatic carbocycles. The number of carbonyl (C=O) groups excluding carboxylic acids is 1. The maximum absolute atomic E-state index is 11.7. The van der Waals surface area contributed by atoms with E-state index in [0.29, 0.717) is 6.61 Å². The van der Waals surface area contributed by atoms with Crippen molar-refractivity contribution in [3.63, 3.8) is 0 Å². The lowest BCUT2D eigenvalue weighted by molar-refractivity contribution is -0.137. The minimum absolute atomic E-state index is 0.112. The number of esters is 1. The molecule has 0 spiro atoms. The molecule has 0 heterocycles. The third-order valence-electron chi connectivity index (χ3n) is 7.29. The Morgan fingerprint density at radius 3 is 2.23 bits per heavy atom. The van der Waals surface area contributed by atoms with Crippen LogP contribution in [0.25, 0.3) is 6.08 Å². The molecule has 0 atom stereocenters. The fraction of sp³-hybridized carbons (Fsp3) is 0.464. The van der Waals surface area contributed by atoms with Crippen LogP contribution in [0.15, 0.2) is 48.5 Å². The van der Waals surface area contributed by atoms with E-state index in [2.05, 4.69) is 64.1 Å². The molecule has 0 radical (unpaired) electrons. The number of benzene rings is 2. The lowest BCUT2D eigenvalue weighted by atomic mass is 9.62. The number of hydrogen-bond acceptors (Lipinski definition) is 2. The van der Waals surface area contributed by atoms with Crippen LogP contribution in [0.4, 0.5) is 0 Å². The van der Waals surface area contributed by atoms with E-state index < -0.39 is 0 Å². The number of ether oxygens (including phenoxy) is 1. The van der Waals surface area contributed by atoms with Crippen molar-refractivity contribution >= 4 is 12.0 Å². The normalized spacial score (nSPS) is 20.6. The first-order valence-electron chi connectivity index (χ1n) is 11.3. The average Bonchev–Trinajstić information content (AvgIpc) is 3.52. The van der Waals surface area contributed by atoms with E-state index in [1.54, 1.807) is 0 Å². The highest BCUT2D eigenvalue weighted by atomic mass is 16.5. The molecule has 0 saturated heterocycles. The van der Waals surface area contributed by atoms with Gasteiger partial charge in [0.25, 0.3) is 0 Å². The summed E-state index contributed by atoms with van der Waals surface area (Å²) < 4.78 is 5.01. The Morgan fingerprint density at radius 2 is 1.57 bits per heavy atom. The fourth-order valence-electron chi connectivity index (χ4n) is 5.05. The van der Waals surface area contributed by atoms with Gasteiger partial charge in [0.05, 0.1) is 6.61 Å². The molecule has 158 valence electrons. The maximum atomic E-state index is 11.7. The SMILES string of the molecule is CCOC(=O)C=Cc1cccc(C2(c3ccc4c(c3)C(C)(C)CCC4(C)C)CC2)c1. The van der Waals surface area contributed by atoms with Gasteiger partial charge < -0.3 is 4.74 Å². The summed E-state index contributed by atoms with van der Waals surface area (Å²) in [6.07, 6.45) is 8.22. The lowest BCUT2D eigenvalue weighted by Crippen LogP contribution is -2.34. The second-order valence-corrected chi connectivity index (χ2v) is 10.3. The zero-order valence-corrected chi connectivity index (χ0v) is 19.0. The van der Waals surface area contributed by atoms with Gasteiger partial charge >= 0.3 is 5.97 Å². The van der Waals surface area contributed by atoms with Crippen LogP contribution in [0.1, 0.15) is 88.1 Å². The van der Waals surface area contributed by atoms with Crippen molar-refractivity contribution in [2.45, 2.75) is 76.5 Å². The summed E-state index contributed by atoms with van der Waals surface area (Å²) in [5, 5.41) is 0. The highest BCUT2D eigenvalue weighted by Crippen LogP contribution is 2.55. The number of carbonyl (C=O) groups is 1. The van der Waals surface area contributed by atoms with E-state index in [1.807, 2.05) is 19.1 Å². The first kappa shape index (κ1) is 20.9. The smallest absolute Gasteiger partial charge is 0.330 e. The Bertz CT molecular complexity index is 989. The van der Waals surface area contributed by atoms with Gasteiger partial charge in [0.15, 0.2) is 0 Å². The van der Waals surface area contributed by atoms with Gasteiger partial charge in [0, 0.05) is 11.5 Å². The van der Waals surface area contributed by atoms with E-state index in [9.17, 15) is 4.79 Å². The van der Waals surface area contributed by atoms with Crippen LogP contribution < -0.4 is 0 Å². The van der Waals surface area contributed by atoms with Crippen LogP contribution in [-0.4, -0.2) is 12.6 Å². The highest BCUT2D eigenvalue weighted by Gasteiger charge is 2.47. The van der Waals surface area contributed by atoms with Gasteiger partial charge in [0.2, 0.25) is 0 Å². The summed E-state index contributed by atoms with van der Waals surface area (Å²) >= 11 is 0. The van der Waals surface area contributed by atoms with Crippen LogP contribution in [-0.2, 0) is 25.8 Å². The van der Waals surface area contributed by atoms with Crippen LogP contribution in [0.5, 0.6) is 0 Å². The summed E-state index contributed by atoms with van der Waals surface area (Å²) in [6, 6.07) is 15.9. The molecular formula is C28H34O2. The van der Waals surface area contributed by atoms with Crippen molar-refractivity contribution in [2.75, 3.05) is 6.61 Å². The Balaban J connectivity index is 1.69. The van der Waals surface area contributed by atoms with Crippen LogP contribution in [0.2, 0.25) is 0 Å². The van der Waals surface area contributed by atoms with Gasteiger partial charge in [-0.15, -0.1) is 0 Å². The van der Waals surface area contributed by atoms with Crippen LogP contribution in [0, 0.1) is 0 Å². The molecule has 2 nitrogen and oxygen atoms in total. The molecule has 1 fully saturated rings. The summed E-state index contributed by atoms with van der Waals surface area (Å²) in [5.41, 5.74) is 7.47. The van der Waals surface area contributed by atoms with E-state index in [1.165, 1.54) is 54.0 Å². The minimum Gasteiger partial charge on any atom is -0.463 e. The first-order valence-corrected chi connectivity index (χ1v) is 11.3. The largest absolute Gasteiger partial charge is 0.463 e. The van der Waals surface area contributed by atoms with Gasteiger partial charge in [-0.25, -0.2) is 4.79 Å². The quantitative estimate of drug-likeness (QED) is 0.411. The molecule has 0 aliphatic heterocycles. The Morgan fingerprint density at radius 1 is 0.900 bits per heavy atom. The Kier molecular flexibility index (Phi) is 5.16. The van der Waals surface area contributed by atoms with Gasteiger partial charge in [0.1, 0.15) is 0 Å². The summed E-state index contributed by atoms with van der Waals surface area (Å²) in [7, 11) is 0. The molecule has 0 amide bonds. The van der Waals surface area contributed by atoms with E-state index in [-0.39, 0.29) is 22.2 Å². The molecular weight excluding hydrogens is 368 g/mol. The number of rotatable bonds is 5. The third-order valence-corrected chi connectivity index (χ3v) is 7.29. The van der Waals surface area contributed by atoms with Crippen LogP contribution >= 0.6 is 0 Å². The van der Waals surface area contributed by atoms with Gasteiger partial charge in [-0.3, -0.25) is 0 Å².